The average Bonchev–Trinajstić information content (AvgIpc) is 2.12. The van der Waals surface area contributed by atoms with Crippen LogP contribution in [-0.4, -0.2) is 62.2 Å². The molecule has 0 heterocycles. The minimum Gasteiger partial charge on any atom is -0.479 e. The van der Waals surface area contributed by atoms with Crippen LogP contribution in [0.3, 0.4) is 0 Å². The lowest BCUT2D eigenvalue weighted by Gasteiger charge is -2.21. The fraction of sp³-hybridized carbons (Fsp3) is 0.667. The van der Waals surface area contributed by atoms with E-state index in [9.17, 15) is 9.59 Å². The van der Waals surface area contributed by atoms with Crippen LogP contribution in [0.15, 0.2) is 0 Å². The van der Waals surface area contributed by atoms with Gasteiger partial charge in [-0.05, 0) is 0 Å². The van der Waals surface area contributed by atoms with Gasteiger partial charge in [-0.25, -0.2) is 4.79 Å². The smallest absolute Gasteiger partial charge is 0.335 e. The number of hydrogen-bond acceptors (Lipinski definition) is 6. The molecule has 0 bridgehead atoms. The summed E-state index contributed by atoms with van der Waals surface area (Å²) in [5.74, 6) is -1.76. The second-order valence-electron chi connectivity index (χ2n) is 2.39. The van der Waals surface area contributed by atoms with E-state index in [-0.39, 0.29) is 6.29 Å². The molecule has 7 nitrogen and oxygen atoms in total. The summed E-state index contributed by atoms with van der Waals surface area (Å²) in [6.07, 6.45) is -8.39. The van der Waals surface area contributed by atoms with Crippen molar-refractivity contribution in [3.05, 3.63) is 0 Å². The highest BCUT2D eigenvalue weighted by Gasteiger charge is 2.33. The molecule has 0 aromatic rings. The molecular weight excluding hydrogens is 184 g/mol. The number of hydrogen-bond donors (Lipinski definition) is 5. The van der Waals surface area contributed by atoms with E-state index in [4.69, 9.17) is 25.5 Å². The number of carbonyl (C=O) groups is 2. The molecule has 13 heavy (non-hydrogen) atoms. The van der Waals surface area contributed by atoms with E-state index in [1.807, 2.05) is 0 Å². The van der Waals surface area contributed by atoms with E-state index in [1.165, 1.54) is 0 Å². The van der Waals surface area contributed by atoms with Gasteiger partial charge in [-0.15, -0.1) is 0 Å². The molecular formula is C6H10O7. The van der Waals surface area contributed by atoms with Crippen LogP contribution in [0.25, 0.3) is 0 Å². The SMILES string of the molecule is O=C[C@@H](O)[C@@H](O)[C@@H](O)[C@H](O)C(=O)O. The maximum absolute atomic E-state index is 10.1. The molecule has 0 aromatic carbocycles. The Balaban J connectivity index is 4.32. The summed E-state index contributed by atoms with van der Waals surface area (Å²) in [6, 6.07) is 0. The van der Waals surface area contributed by atoms with E-state index in [0.717, 1.165) is 0 Å². The van der Waals surface area contributed by atoms with Crippen molar-refractivity contribution in [1.82, 2.24) is 0 Å². The maximum Gasteiger partial charge on any atom is 0.335 e. The number of carbonyl (C=O) groups excluding carboxylic acids is 1. The first-order chi connectivity index (χ1) is 5.91. The van der Waals surface area contributed by atoms with Gasteiger partial charge in [0.2, 0.25) is 0 Å². The average molecular weight is 194 g/mol. The van der Waals surface area contributed by atoms with Crippen molar-refractivity contribution in [2.45, 2.75) is 24.4 Å². The minimum absolute atomic E-state index is 0.0809. The number of aliphatic hydroxyl groups is 4. The quantitative estimate of drug-likeness (QED) is 0.289. The molecule has 7 heteroatoms. The van der Waals surface area contributed by atoms with E-state index >= 15 is 0 Å². The van der Waals surface area contributed by atoms with Gasteiger partial charge in [0.25, 0.3) is 0 Å². The van der Waals surface area contributed by atoms with E-state index in [2.05, 4.69) is 0 Å². The second-order valence-corrected chi connectivity index (χ2v) is 2.39. The Morgan fingerprint density at radius 1 is 1.08 bits per heavy atom. The predicted octanol–water partition coefficient (Wildman–Crippen LogP) is -3.29. The fourth-order valence-corrected chi connectivity index (χ4v) is 0.615. The van der Waals surface area contributed by atoms with Crippen molar-refractivity contribution in [2.75, 3.05) is 0 Å². The van der Waals surface area contributed by atoms with Crippen LogP contribution < -0.4 is 0 Å². The molecule has 76 valence electrons. The molecule has 0 saturated carbocycles. The molecule has 0 aliphatic carbocycles. The van der Waals surface area contributed by atoms with Crippen molar-refractivity contribution in [2.24, 2.45) is 0 Å². The van der Waals surface area contributed by atoms with Gasteiger partial charge in [0.1, 0.15) is 18.3 Å². The highest BCUT2D eigenvalue weighted by atomic mass is 16.4. The summed E-state index contributed by atoms with van der Waals surface area (Å²) in [5.41, 5.74) is 0. The van der Waals surface area contributed by atoms with Gasteiger partial charge in [-0.2, -0.15) is 0 Å². The Kier molecular flexibility index (Phi) is 4.49. The lowest BCUT2D eigenvalue weighted by atomic mass is 10.0. The normalized spacial score (nSPS) is 20.0. The highest BCUT2D eigenvalue weighted by Crippen LogP contribution is 2.03. The number of aldehydes is 1. The molecule has 5 N–H and O–H groups in total. The molecule has 0 aromatic heterocycles. The van der Waals surface area contributed by atoms with Crippen LogP contribution in [0.4, 0.5) is 0 Å². The standard InChI is InChI=1S/C6H10O7/c7-1-2(8)3(9)4(10)5(11)6(12)13/h1-5,8-11H,(H,12,13)/t2-,3-,4-,5+/m1/s1. The van der Waals surface area contributed by atoms with Crippen molar-refractivity contribution in [3.8, 4) is 0 Å². The van der Waals surface area contributed by atoms with E-state index in [0.29, 0.717) is 0 Å². The van der Waals surface area contributed by atoms with E-state index in [1.54, 1.807) is 0 Å². The van der Waals surface area contributed by atoms with Crippen LogP contribution in [-0.2, 0) is 9.59 Å². The monoisotopic (exact) mass is 194 g/mol. The van der Waals surface area contributed by atoms with Crippen LogP contribution in [0.1, 0.15) is 0 Å². The molecule has 0 fully saturated rings. The van der Waals surface area contributed by atoms with Gasteiger partial charge >= 0.3 is 5.97 Å². The number of rotatable bonds is 5. The zero-order valence-corrected chi connectivity index (χ0v) is 6.44. The molecule has 0 rings (SSSR count). The first-order valence-corrected chi connectivity index (χ1v) is 3.32. The highest BCUT2D eigenvalue weighted by molar-refractivity contribution is 5.73. The molecule has 0 aliphatic rings. The molecule has 4 atom stereocenters. The Hall–Kier alpha value is -1.02. The number of aliphatic hydroxyl groups excluding tert-OH is 4. The molecule has 0 radical (unpaired) electrons. The first-order valence-electron chi connectivity index (χ1n) is 3.32. The van der Waals surface area contributed by atoms with Crippen LogP contribution in [0.2, 0.25) is 0 Å². The number of carboxylic acids is 1. The zero-order chi connectivity index (χ0) is 10.6. The van der Waals surface area contributed by atoms with Gasteiger partial charge in [-0.1, -0.05) is 0 Å². The number of aliphatic carboxylic acids is 1. The summed E-state index contributed by atoms with van der Waals surface area (Å²) in [7, 11) is 0. The topological polar surface area (TPSA) is 135 Å². The third-order valence-corrected chi connectivity index (χ3v) is 1.42. The predicted molar refractivity (Wildman–Crippen MR) is 37.7 cm³/mol. The summed E-state index contributed by atoms with van der Waals surface area (Å²) >= 11 is 0. The third-order valence-electron chi connectivity index (χ3n) is 1.42. The summed E-state index contributed by atoms with van der Waals surface area (Å²) in [5, 5.41) is 43.2. The molecule has 0 spiro atoms. The summed E-state index contributed by atoms with van der Waals surface area (Å²) < 4.78 is 0. The minimum atomic E-state index is -2.25. The Labute approximate surface area is 72.9 Å². The third kappa shape index (κ3) is 3.07. The van der Waals surface area contributed by atoms with Crippen molar-refractivity contribution < 1.29 is 35.1 Å². The second kappa shape index (κ2) is 4.87. The first kappa shape index (κ1) is 12.0. The van der Waals surface area contributed by atoms with Gasteiger partial charge in [0.05, 0.1) is 0 Å². The van der Waals surface area contributed by atoms with Crippen LogP contribution in [0, 0.1) is 0 Å². The van der Waals surface area contributed by atoms with Gasteiger partial charge in [0, 0.05) is 0 Å². The number of carboxylic acid groups (broad SMARTS) is 1. The molecule has 0 aliphatic heterocycles. The lowest BCUT2D eigenvalue weighted by Crippen LogP contribution is -2.48. The Morgan fingerprint density at radius 3 is 1.85 bits per heavy atom. The van der Waals surface area contributed by atoms with E-state index < -0.39 is 30.4 Å². The van der Waals surface area contributed by atoms with Crippen LogP contribution >= 0.6 is 0 Å². The summed E-state index contributed by atoms with van der Waals surface area (Å²) in [4.78, 5) is 20.0. The van der Waals surface area contributed by atoms with Gasteiger partial charge in [0.15, 0.2) is 12.4 Å². The van der Waals surface area contributed by atoms with Crippen molar-refractivity contribution in [3.63, 3.8) is 0 Å². The zero-order valence-electron chi connectivity index (χ0n) is 6.44. The lowest BCUT2D eigenvalue weighted by molar-refractivity contribution is -0.163. The fourth-order valence-electron chi connectivity index (χ4n) is 0.615. The van der Waals surface area contributed by atoms with Gasteiger partial charge in [-0.3, -0.25) is 0 Å². The molecule has 0 saturated heterocycles. The van der Waals surface area contributed by atoms with Crippen LogP contribution in [0.5, 0.6) is 0 Å². The largest absolute Gasteiger partial charge is 0.479 e. The molecule has 0 amide bonds. The van der Waals surface area contributed by atoms with Crippen molar-refractivity contribution in [1.29, 1.82) is 0 Å². The van der Waals surface area contributed by atoms with Crippen molar-refractivity contribution >= 4 is 12.3 Å². The summed E-state index contributed by atoms with van der Waals surface area (Å²) in [6.45, 7) is 0. The molecule has 0 unspecified atom stereocenters. The Bertz CT molecular complexity index is 191. The maximum atomic E-state index is 10.1. The van der Waals surface area contributed by atoms with Gasteiger partial charge < -0.3 is 30.3 Å². The Morgan fingerprint density at radius 2 is 1.54 bits per heavy atom.